The highest BCUT2D eigenvalue weighted by molar-refractivity contribution is 5.94. The molecule has 0 aliphatic carbocycles. The fourth-order valence-corrected chi connectivity index (χ4v) is 3.77. The zero-order valence-corrected chi connectivity index (χ0v) is 20.6. The van der Waals surface area contributed by atoms with Crippen molar-refractivity contribution in [1.29, 1.82) is 0 Å². The van der Waals surface area contributed by atoms with Crippen molar-refractivity contribution in [2.24, 2.45) is 0 Å². The van der Waals surface area contributed by atoms with E-state index in [0.717, 1.165) is 5.56 Å². The van der Waals surface area contributed by atoms with Gasteiger partial charge in [-0.25, -0.2) is 9.18 Å². The minimum absolute atomic E-state index is 0.0384. The SMILES string of the molecule is CC(C)Oc1ccccc1Oc1ccc(C=Cc2cc(-c3ccc(F)cc3)ccc2C(=O)O)cc1[N+](=O)[O-]. The number of ether oxygens (including phenoxy) is 2. The van der Waals surface area contributed by atoms with Gasteiger partial charge in [0.25, 0.3) is 0 Å². The molecule has 0 spiro atoms. The normalized spacial score (nSPS) is 11.1. The molecule has 0 aliphatic rings. The van der Waals surface area contributed by atoms with Gasteiger partial charge in [0.2, 0.25) is 5.75 Å². The number of carboxylic acids is 1. The van der Waals surface area contributed by atoms with E-state index in [1.165, 1.54) is 30.3 Å². The van der Waals surface area contributed by atoms with Gasteiger partial charge < -0.3 is 14.6 Å². The molecule has 38 heavy (non-hydrogen) atoms. The maximum atomic E-state index is 13.3. The average molecular weight is 514 g/mol. The third-order valence-corrected chi connectivity index (χ3v) is 5.53. The predicted octanol–water partition coefficient (Wildman–Crippen LogP) is 7.85. The van der Waals surface area contributed by atoms with E-state index in [1.807, 2.05) is 13.8 Å². The lowest BCUT2D eigenvalue weighted by Gasteiger charge is -2.14. The molecule has 7 nitrogen and oxygen atoms in total. The number of nitrogens with zero attached hydrogens (tertiary/aromatic N) is 1. The van der Waals surface area contributed by atoms with Gasteiger partial charge in [-0.05, 0) is 78.6 Å². The van der Waals surface area contributed by atoms with Crippen LogP contribution in [0.25, 0.3) is 23.3 Å². The Bertz CT molecular complexity index is 1510. The van der Waals surface area contributed by atoms with Crippen LogP contribution in [0.1, 0.15) is 35.3 Å². The van der Waals surface area contributed by atoms with E-state index in [9.17, 15) is 24.4 Å². The highest BCUT2D eigenvalue weighted by atomic mass is 19.1. The topological polar surface area (TPSA) is 98.9 Å². The maximum Gasteiger partial charge on any atom is 0.336 e. The van der Waals surface area contributed by atoms with Gasteiger partial charge >= 0.3 is 11.7 Å². The number of rotatable bonds is 9. The Morgan fingerprint density at radius 2 is 1.58 bits per heavy atom. The highest BCUT2D eigenvalue weighted by Gasteiger charge is 2.18. The first-order valence-electron chi connectivity index (χ1n) is 11.7. The smallest absolute Gasteiger partial charge is 0.336 e. The summed E-state index contributed by atoms with van der Waals surface area (Å²) in [6.07, 6.45) is 3.05. The minimum Gasteiger partial charge on any atom is -0.487 e. The molecule has 1 N–H and O–H groups in total. The Morgan fingerprint density at radius 3 is 2.24 bits per heavy atom. The molecule has 0 aliphatic heterocycles. The number of hydrogen-bond donors (Lipinski definition) is 1. The standard InChI is InChI=1S/C30H24FNO6/c1-19(2)37-28-5-3-4-6-29(28)38-27-16-8-20(17-26(27)32(35)36)7-9-23-18-22(12-15-25(23)30(33)34)21-10-13-24(31)14-11-21/h3-19H,1-2H3,(H,33,34). The number of halogens is 1. The lowest BCUT2D eigenvalue weighted by atomic mass is 9.98. The van der Waals surface area contributed by atoms with Crippen LogP contribution in [0.4, 0.5) is 10.1 Å². The Hall–Kier alpha value is -4.98. The summed E-state index contributed by atoms with van der Waals surface area (Å²) in [6, 6.07) is 22.0. The van der Waals surface area contributed by atoms with Gasteiger partial charge in [-0.15, -0.1) is 0 Å². The van der Waals surface area contributed by atoms with Crippen LogP contribution in [0.15, 0.2) is 84.9 Å². The summed E-state index contributed by atoms with van der Waals surface area (Å²) in [5.74, 6) is -0.649. The van der Waals surface area contributed by atoms with Crippen LogP contribution in [0.2, 0.25) is 0 Å². The number of carbonyl (C=O) groups is 1. The second-order valence-electron chi connectivity index (χ2n) is 8.65. The molecule has 4 rings (SSSR count). The third-order valence-electron chi connectivity index (χ3n) is 5.53. The average Bonchev–Trinajstić information content (AvgIpc) is 2.89. The maximum absolute atomic E-state index is 13.3. The number of hydrogen-bond acceptors (Lipinski definition) is 5. The number of aromatic carboxylic acids is 1. The molecule has 0 bridgehead atoms. The summed E-state index contributed by atoms with van der Waals surface area (Å²) in [7, 11) is 0. The van der Waals surface area contributed by atoms with Crippen molar-refractivity contribution in [3.63, 3.8) is 0 Å². The number of nitro benzene ring substituents is 1. The van der Waals surface area contributed by atoms with E-state index < -0.39 is 10.9 Å². The highest BCUT2D eigenvalue weighted by Crippen LogP contribution is 2.37. The quantitative estimate of drug-likeness (QED) is 0.139. The zero-order chi connectivity index (χ0) is 27.2. The van der Waals surface area contributed by atoms with Gasteiger partial charge in [0.05, 0.1) is 16.6 Å². The lowest BCUT2D eigenvalue weighted by Crippen LogP contribution is -2.06. The van der Waals surface area contributed by atoms with Crippen molar-refractivity contribution >= 4 is 23.8 Å². The first-order valence-corrected chi connectivity index (χ1v) is 11.7. The number of nitro groups is 1. The Morgan fingerprint density at radius 1 is 0.895 bits per heavy atom. The van der Waals surface area contributed by atoms with Crippen LogP contribution in [-0.2, 0) is 0 Å². The van der Waals surface area contributed by atoms with Crippen molar-refractivity contribution in [2.75, 3.05) is 0 Å². The molecule has 0 saturated heterocycles. The van der Waals surface area contributed by atoms with Gasteiger partial charge in [-0.2, -0.15) is 0 Å². The van der Waals surface area contributed by atoms with Crippen LogP contribution in [-0.4, -0.2) is 22.1 Å². The summed E-state index contributed by atoms with van der Waals surface area (Å²) in [5.41, 5.74) is 2.08. The van der Waals surface area contributed by atoms with Crippen LogP contribution in [0, 0.1) is 15.9 Å². The van der Waals surface area contributed by atoms with Crippen LogP contribution in [0.3, 0.4) is 0 Å². The van der Waals surface area contributed by atoms with Crippen molar-refractivity contribution in [3.8, 4) is 28.4 Å². The number of carboxylic acid groups (broad SMARTS) is 1. The molecule has 0 aromatic heterocycles. The van der Waals surface area contributed by atoms with Gasteiger partial charge in [0.1, 0.15) is 5.82 Å². The van der Waals surface area contributed by atoms with Crippen LogP contribution >= 0.6 is 0 Å². The van der Waals surface area contributed by atoms with Gasteiger partial charge in [-0.1, -0.05) is 48.6 Å². The predicted molar refractivity (Wildman–Crippen MR) is 143 cm³/mol. The second-order valence-corrected chi connectivity index (χ2v) is 8.65. The van der Waals surface area contributed by atoms with E-state index in [2.05, 4.69) is 0 Å². The Balaban J connectivity index is 1.66. The fraction of sp³-hybridized carbons (Fsp3) is 0.100. The van der Waals surface area contributed by atoms with Crippen molar-refractivity contribution < 1.29 is 28.7 Å². The van der Waals surface area contributed by atoms with E-state index in [-0.39, 0.29) is 28.9 Å². The molecule has 0 atom stereocenters. The minimum atomic E-state index is -1.12. The second kappa shape index (κ2) is 11.4. The Labute approximate surface area is 218 Å². The summed E-state index contributed by atoms with van der Waals surface area (Å²) in [5, 5.41) is 21.5. The first-order chi connectivity index (χ1) is 18.2. The molecule has 0 unspecified atom stereocenters. The number of para-hydroxylation sites is 2. The summed E-state index contributed by atoms with van der Waals surface area (Å²) in [4.78, 5) is 23.1. The Kier molecular flexibility index (Phi) is 7.82. The fourth-order valence-electron chi connectivity index (χ4n) is 3.77. The molecule has 8 heteroatoms. The summed E-state index contributed by atoms with van der Waals surface area (Å²) < 4.78 is 24.9. The molecule has 4 aromatic rings. The number of benzene rings is 4. The van der Waals surface area contributed by atoms with E-state index in [4.69, 9.17) is 9.47 Å². The zero-order valence-electron chi connectivity index (χ0n) is 20.6. The molecular weight excluding hydrogens is 489 g/mol. The molecule has 0 saturated carbocycles. The largest absolute Gasteiger partial charge is 0.487 e. The molecule has 0 radical (unpaired) electrons. The first kappa shape index (κ1) is 26.1. The third kappa shape index (κ3) is 6.22. The monoisotopic (exact) mass is 513 g/mol. The van der Waals surface area contributed by atoms with E-state index >= 15 is 0 Å². The van der Waals surface area contributed by atoms with E-state index in [1.54, 1.807) is 66.7 Å². The molecular formula is C30H24FNO6. The molecule has 0 amide bonds. The summed E-state index contributed by atoms with van der Waals surface area (Å²) >= 11 is 0. The van der Waals surface area contributed by atoms with Gasteiger partial charge in [-0.3, -0.25) is 10.1 Å². The van der Waals surface area contributed by atoms with E-state index in [0.29, 0.717) is 28.2 Å². The molecule has 192 valence electrons. The summed E-state index contributed by atoms with van der Waals surface area (Å²) in [6.45, 7) is 3.73. The lowest BCUT2D eigenvalue weighted by molar-refractivity contribution is -0.385. The van der Waals surface area contributed by atoms with Crippen LogP contribution < -0.4 is 9.47 Å². The molecule has 0 heterocycles. The van der Waals surface area contributed by atoms with Crippen LogP contribution in [0.5, 0.6) is 17.2 Å². The molecule has 4 aromatic carbocycles. The van der Waals surface area contributed by atoms with Crippen molar-refractivity contribution in [3.05, 3.63) is 118 Å². The van der Waals surface area contributed by atoms with Crippen molar-refractivity contribution in [1.82, 2.24) is 0 Å². The van der Waals surface area contributed by atoms with Gasteiger partial charge in [0, 0.05) is 6.07 Å². The van der Waals surface area contributed by atoms with Crippen molar-refractivity contribution in [2.45, 2.75) is 20.0 Å². The molecule has 0 fully saturated rings. The van der Waals surface area contributed by atoms with Gasteiger partial charge in [0.15, 0.2) is 11.5 Å².